The number of anilines is 1. The highest BCUT2D eigenvalue weighted by molar-refractivity contribution is 9.10. The lowest BCUT2D eigenvalue weighted by Gasteiger charge is -2.20. The Morgan fingerprint density at radius 3 is 3.11 bits per heavy atom. The molecule has 6 heteroatoms. The molecule has 2 N–H and O–H groups in total. The van der Waals surface area contributed by atoms with E-state index in [0.29, 0.717) is 22.3 Å². The maximum absolute atomic E-state index is 11.4. The summed E-state index contributed by atoms with van der Waals surface area (Å²) < 4.78 is 0.476. The van der Waals surface area contributed by atoms with E-state index in [0.717, 1.165) is 19.6 Å². The molecule has 0 amide bonds. The lowest BCUT2D eigenvalue weighted by Crippen LogP contribution is -2.29. The average Bonchev–Trinajstić information content (AvgIpc) is 2.80. The van der Waals surface area contributed by atoms with Gasteiger partial charge in [0.1, 0.15) is 10.3 Å². The number of H-pyrrole nitrogens is 1. The second-order valence-electron chi connectivity index (χ2n) is 5.02. The molecule has 1 atom stereocenters. The summed E-state index contributed by atoms with van der Waals surface area (Å²) in [5, 5.41) is 3.25. The lowest BCUT2D eigenvalue weighted by molar-refractivity contribution is 0.266. The summed E-state index contributed by atoms with van der Waals surface area (Å²) in [6, 6.07) is 0.611. The molecule has 0 saturated carbocycles. The van der Waals surface area contributed by atoms with Crippen molar-refractivity contribution in [2.45, 2.75) is 26.3 Å². The van der Waals surface area contributed by atoms with Gasteiger partial charge in [0, 0.05) is 19.1 Å². The minimum atomic E-state index is -0.150. The van der Waals surface area contributed by atoms with E-state index in [-0.39, 0.29) is 5.56 Å². The van der Waals surface area contributed by atoms with Gasteiger partial charge in [0.2, 0.25) is 0 Å². The van der Waals surface area contributed by atoms with Crippen molar-refractivity contribution in [2.75, 3.05) is 25.0 Å². The molecule has 0 aromatic carbocycles. The van der Waals surface area contributed by atoms with Crippen molar-refractivity contribution >= 4 is 21.7 Å². The number of likely N-dealkylation sites (tertiary alicyclic amines) is 1. The molecule has 0 bridgehead atoms. The summed E-state index contributed by atoms with van der Waals surface area (Å²) in [6.07, 6.45) is 2.62. The number of rotatable bonds is 4. The molecule has 0 aliphatic carbocycles. The second kappa shape index (κ2) is 5.84. The van der Waals surface area contributed by atoms with E-state index in [1.54, 1.807) is 0 Å². The predicted octanol–water partition coefficient (Wildman–Crippen LogP) is 1.67. The van der Waals surface area contributed by atoms with Gasteiger partial charge in [-0.15, -0.1) is 0 Å². The van der Waals surface area contributed by atoms with Crippen LogP contribution < -0.4 is 10.9 Å². The Balaban J connectivity index is 1.89. The molecule has 0 radical (unpaired) electrons. The van der Waals surface area contributed by atoms with Crippen LogP contribution in [0.25, 0.3) is 0 Å². The van der Waals surface area contributed by atoms with Crippen LogP contribution in [0.15, 0.2) is 15.6 Å². The Kier molecular flexibility index (Phi) is 4.40. The molecule has 1 fully saturated rings. The van der Waals surface area contributed by atoms with E-state index in [1.165, 1.54) is 12.7 Å². The first-order chi connectivity index (χ1) is 8.58. The van der Waals surface area contributed by atoms with Gasteiger partial charge in [-0.25, -0.2) is 4.98 Å². The zero-order chi connectivity index (χ0) is 13.1. The Bertz CT molecular complexity index is 460. The zero-order valence-corrected chi connectivity index (χ0v) is 12.3. The number of aromatic nitrogens is 2. The van der Waals surface area contributed by atoms with Gasteiger partial charge in [0.15, 0.2) is 0 Å². The van der Waals surface area contributed by atoms with Crippen LogP contribution in [0, 0.1) is 5.92 Å². The van der Waals surface area contributed by atoms with E-state index in [1.807, 2.05) is 0 Å². The Morgan fingerprint density at radius 1 is 1.67 bits per heavy atom. The molecule has 1 aliphatic rings. The van der Waals surface area contributed by atoms with Gasteiger partial charge in [-0.1, -0.05) is 0 Å². The van der Waals surface area contributed by atoms with Gasteiger partial charge in [0.05, 0.1) is 6.33 Å². The van der Waals surface area contributed by atoms with Crippen molar-refractivity contribution in [3.8, 4) is 0 Å². The average molecular weight is 315 g/mol. The molecule has 2 heterocycles. The molecule has 100 valence electrons. The Labute approximate surface area is 115 Å². The number of nitrogens with one attached hydrogen (secondary N) is 2. The molecule has 18 heavy (non-hydrogen) atoms. The number of halogens is 1. The van der Waals surface area contributed by atoms with E-state index in [2.05, 4.69) is 50.0 Å². The fourth-order valence-electron chi connectivity index (χ4n) is 2.25. The van der Waals surface area contributed by atoms with E-state index >= 15 is 0 Å². The number of hydrogen-bond donors (Lipinski definition) is 2. The van der Waals surface area contributed by atoms with Gasteiger partial charge in [-0.3, -0.25) is 4.79 Å². The van der Waals surface area contributed by atoms with Crippen molar-refractivity contribution in [1.29, 1.82) is 0 Å². The summed E-state index contributed by atoms with van der Waals surface area (Å²) in [5.41, 5.74) is -0.150. The van der Waals surface area contributed by atoms with E-state index < -0.39 is 0 Å². The smallest absolute Gasteiger partial charge is 0.267 e. The molecular formula is C12H19BrN4O. The topological polar surface area (TPSA) is 61.0 Å². The maximum Gasteiger partial charge on any atom is 0.267 e. The van der Waals surface area contributed by atoms with Crippen LogP contribution in [0.4, 0.5) is 5.82 Å². The first-order valence-corrected chi connectivity index (χ1v) is 7.08. The highest BCUT2D eigenvalue weighted by Crippen LogP contribution is 2.20. The molecule has 1 saturated heterocycles. The van der Waals surface area contributed by atoms with Crippen LogP contribution in [0.1, 0.15) is 20.3 Å². The second-order valence-corrected chi connectivity index (χ2v) is 5.81. The largest absolute Gasteiger partial charge is 0.369 e. The summed E-state index contributed by atoms with van der Waals surface area (Å²) in [5.74, 6) is 1.25. The number of hydrogen-bond acceptors (Lipinski definition) is 4. The minimum Gasteiger partial charge on any atom is -0.369 e. The van der Waals surface area contributed by atoms with Crippen molar-refractivity contribution in [2.24, 2.45) is 5.92 Å². The summed E-state index contributed by atoms with van der Waals surface area (Å²) in [7, 11) is 0. The van der Waals surface area contributed by atoms with Crippen LogP contribution in [-0.4, -0.2) is 40.5 Å². The molecule has 1 unspecified atom stereocenters. The third-order valence-electron chi connectivity index (χ3n) is 3.40. The third-order valence-corrected chi connectivity index (χ3v) is 4.14. The van der Waals surface area contributed by atoms with E-state index in [4.69, 9.17) is 0 Å². The lowest BCUT2D eigenvalue weighted by atomic mass is 10.1. The fraction of sp³-hybridized carbons (Fsp3) is 0.667. The van der Waals surface area contributed by atoms with Gasteiger partial charge in [0.25, 0.3) is 5.56 Å². The van der Waals surface area contributed by atoms with Crippen molar-refractivity contribution < 1.29 is 0 Å². The summed E-state index contributed by atoms with van der Waals surface area (Å²) >= 11 is 3.25. The third kappa shape index (κ3) is 3.11. The molecule has 1 aliphatic heterocycles. The number of nitrogens with zero attached hydrogens (tertiary/aromatic N) is 2. The van der Waals surface area contributed by atoms with Gasteiger partial charge in [-0.05, 0) is 48.7 Å². The quantitative estimate of drug-likeness (QED) is 0.887. The Hall–Kier alpha value is -0.880. The monoisotopic (exact) mass is 314 g/mol. The standard InChI is InChI=1S/C12H19BrN4O/c1-8(2)17-4-3-9(6-17)5-14-11-10(13)12(18)16-7-15-11/h7-9H,3-6H2,1-2H3,(H2,14,15,16,18). The van der Waals surface area contributed by atoms with E-state index in [9.17, 15) is 4.79 Å². The normalized spacial score (nSPS) is 20.6. The first kappa shape index (κ1) is 13.5. The number of aromatic amines is 1. The summed E-state index contributed by atoms with van der Waals surface area (Å²) in [6.45, 7) is 7.59. The molecule has 2 rings (SSSR count). The van der Waals surface area contributed by atoms with Gasteiger partial charge < -0.3 is 15.2 Å². The Morgan fingerprint density at radius 2 is 2.44 bits per heavy atom. The first-order valence-electron chi connectivity index (χ1n) is 6.29. The van der Waals surface area contributed by atoms with Crippen molar-refractivity contribution in [1.82, 2.24) is 14.9 Å². The van der Waals surface area contributed by atoms with Crippen molar-refractivity contribution in [3.05, 3.63) is 21.2 Å². The maximum atomic E-state index is 11.4. The van der Waals surface area contributed by atoms with Crippen LogP contribution in [-0.2, 0) is 0 Å². The fourth-order valence-corrected chi connectivity index (χ4v) is 2.60. The van der Waals surface area contributed by atoms with Crippen LogP contribution >= 0.6 is 15.9 Å². The molecule has 0 spiro atoms. The minimum absolute atomic E-state index is 0.150. The molecule has 5 nitrogen and oxygen atoms in total. The molecule has 1 aromatic heterocycles. The SMILES string of the molecule is CC(C)N1CCC(CNc2nc[nH]c(=O)c2Br)C1. The molecular weight excluding hydrogens is 296 g/mol. The van der Waals surface area contributed by atoms with Crippen LogP contribution in [0.2, 0.25) is 0 Å². The summed E-state index contributed by atoms with van der Waals surface area (Å²) in [4.78, 5) is 20.5. The molecule has 1 aromatic rings. The van der Waals surface area contributed by atoms with Crippen molar-refractivity contribution in [3.63, 3.8) is 0 Å². The van der Waals surface area contributed by atoms with Crippen LogP contribution in [0.5, 0.6) is 0 Å². The van der Waals surface area contributed by atoms with Gasteiger partial charge in [-0.2, -0.15) is 0 Å². The zero-order valence-electron chi connectivity index (χ0n) is 10.7. The predicted molar refractivity (Wildman–Crippen MR) is 75.9 cm³/mol. The highest BCUT2D eigenvalue weighted by Gasteiger charge is 2.24. The van der Waals surface area contributed by atoms with Crippen LogP contribution in [0.3, 0.4) is 0 Å². The van der Waals surface area contributed by atoms with Gasteiger partial charge >= 0.3 is 0 Å². The highest BCUT2D eigenvalue weighted by atomic mass is 79.9.